The van der Waals surface area contributed by atoms with Crippen molar-refractivity contribution in [1.29, 1.82) is 0 Å². The maximum atomic E-state index is 5.86. The molecule has 0 aliphatic carbocycles. The lowest BCUT2D eigenvalue weighted by molar-refractivity contribution is 1.32. The molecular weight excluding hydrogens is 246 g/mol. The number of halogens is 1. The third-order valence-electron chi connectivity index (χ3n) is 2.64. The molecule has 0 aliphatic rings. The Morgan fingerprint density at radius 1 is 0.944 bits per heavy atom. The number of hydrogen-bond acceptors (Lipinski definition) is 3. The summed E-state index contributed by atoms with van der Waals surface area (Å²) >= 11 is 5.86. The van der Waals surface area contributed by atoms with Crippen LogP contribution in [0.25, 0.3) is 10.9 Å². The van der Waals surface area contributed by atoms with E-state index in [-0.39, 0.29) is 0 Å². The highest BCUT2D eigenvalue weighted by atomic mass is 35.5. The van der Waals surface area contributed by atoms with Gasteiger partial charge >= 0.3 is 0 Å². The first kappa shape index (κ1) is 11.0. The minimum Gasteiger partial charge on any atom is -0.354 e. The van der Waals surface area contributed by atoms with Gasteiger partial charge in [0.05, 0.1) is 11.2 Å². The van der Waals surface area contributed by atoms with Crippen LogP contribution in [0, 0.1) is 0 Å². The molecule has 0 radical (unpaired) electrons. The first-order valence-electron chi connectivity index (χ1n) is 5.55. The zero-order valence-corrected chi connectivity index (χ0v) is 10.2. The Hall–Kier alpha value is -2.13. The number of anilines is 2. The second-order valence-electron chi connectivity index (χ2n) is 3.87. The van der Waals surface area contributed by atoms with Crippen molar-refractivity contribution in [3.8, 4) is 0 Å². The van der Waals surface area contributed by atoms with Crippen LogP contribution in [0.2, 0.25) is 5.15 Å². The molecular formula is C14H10ClN3. The molecule has 2 heterocycles. The van der Waals surface area contributed by atoms with Crippen LogP contribution in [0.3, 0.4) is 0 Å². The van der Waals surface area contributed by atoms with E-state index in [1.54, 1.807) is 18.5 Å². The zero-order chi connectivity index (χ0) is 12.4. The number of hydrogen-bond donors (Lipinski definition) is 1. The topological polar surface area (TPSA) is 37.8 Å². The highest BCUT2D eigenvalue weighted by molar-refractivity contribution is 6.29. The Labute approximate surface area is 109 Å². The smallest absolute Gasteiger partial charge is 0.131 e. The monoisotopic (exact) mass is 255 g/mol. The van der Waals surface area contributed by atoms with Gasteiger partial charge in [-0.05, 0) is 24.3 Å². The Bertz CT molecular complexity index is 692. The van der Waals surface area contributed by atoms with E-state index >= 15 is 0 Å². The van der Waals surface area contributed by atoms with E-state index in [1.807, 2.05) is 36.4 Å². The maximum absolute atomic E-state index is 5.86. The average molecular weight is 256 g/mol. The van der Waals surface area contributed by atoms with Crippen molar-refractivity contribution < 1.29 is 0 Å². The van der Waals surface area contributed by atoms with Gasteiger partial charge in [-0.1, -0.05) is 29.8 Å². The molecule has 0 aliphatic heterocycles. The summed E-state index contributed by atoms with van der Waals surface area (Å²) in [4.78, 5) is 8.34. The molecule has 4 heteroatoms. The highest BCUT2D eigenvalue weighted by Crippen LogP contribution is 2.25. The lowest BCUT2D eigenvalue weighted by atomic mass is 10.2. The first-order valence-corrected chi connectivity index (χ1v) is 5.93. The van der Waals surface area contributed by atoms with E-state index in [0.29, 0.717) is 5.15 Å². The van der Waals surface area contributed by atoms with Crippen LogP contribution in [0.1, 0.15) is 0 Å². The molecule has 1 N–H and O–H groups in total. The van der Waals surface area contributed by atoms with E-state index in [9.17, 15) is 0 Å². The minimum atomic E-state index is 0.466. The lowest BCUT2D eigenvalue weighted by Gasteiger charge is -2.08. The number of nitrogens with zero attached hydrogens (tertiary/aromatic N) is 2. The van der Waals surface area contributed by atoms with Gasteiger partial charge in [-0.3, -0.25) is 4.98 Å². The van der Waals surface area contributed by atoms with Gasteiger partial charge < -0.3 is 5.32 Å². The quantitative estimate of drug-likeness (QED) is 0.703. The van der Waals surface area contributed by atoms with Crippen LogP contribution >= 0.6 is 11.6 Å². The van der Waals surface area contributed by atoms with Gasteiger partial charge in [0.15, 0.2) is 0 Å². The van der Waals surface area contributed by atoms with Gasteiger partial charge in [0.1, 0.15) is 5.15 Å². The molecule has 2 aromatic heterocycles. The van der Waals surface area contributed by atoms with Gasteiger partial charge in [0.25, 0.3) is 0 Å². The summed E-state index contributed by atoms with van der Waals surface area (Å²) < 4.78 is 0. The number of para-hydroxylation sites is 1. The Morgan fingerprint density at radius 2 is 1.83 bits per heavy atom. The normalized spacial score (nSPS) is 10.5. The summed E-state index contributed by atoms with van der Waals surface area (Å²) in [6.45, 7) is 0. The molecule has 0 saturated heterocycles. The number of fused-ring (bicyclic) bond motifs is 1. The lowest BCUT2D eigenvalue weighted by Crippen LogP contribution is -1.93. The number of rotatable bonds is 2. The second-order valence-corrected chi connectivity index (χ2v) is 4.26. The van der Waals surface area contributed by atoms with Crippen molar-refractivity contribution >= 4 is 33.9 Å². The molecule has 0 amide bonds. The summed E-state index contributed by atoms with van der Waals surface area (Å²) in [5.74, 6) is 0. The molecule has 0 saturated carbocycles. The third-order valence-corrected chi connectivity index (χ3v) is 2.84. The van der Waals surface area contributed by atoms with Crippen LogP contribution in [0.4, 0.5) is 11.4 Å². The molecule has 0 spiro atoms. The summed E-state index contributed by atoms with van der Waals surface area (Å²) in [6, 6.07) is 13.6. The van der Waals surface area contributed by atoms with E-state index in [4.69, 9.17) is 11.6 Å². The van der Waals surface area contributed by atoms with E-state index in [1.165, 1.54) is 0 Å². The van der Waals surface area contributed by atoms with Crippen molar-refractivity contribution in [1.82, 2.24) is 9.97 Å². The largest absolute Gasteiger partial charge is 0.354 e. The second kappa shape index (κ2) is 4.63. The number of benzene rings is 1. The van der Waals surface area contributed by atoms with Crippen LogP contribution in [-0.4, -0.2) is 9.97 Å². The molecule has 88 valence electrons. The van der Waals surface area contributed by atoms with Crippen LogP contribution < -0.4 is 5.32 Å². The van der Waals surface area contributed by atoms with Crippen LogP contribution in [-0.2, 0) is 0 Å². The molecule has 3 aromatic rings. The summed E-state index contributed by atoms with van der Waals surface area (Å²) in [5.41, 5.74) is 2.79. The fraction of sp³-hybridized carbons (Fsp3) is 0. The van der Waals surface area contributed by atoms with Crippen molar-refractivity contribution in [2.75, 3.05) is 5.32 Å². The van der Waals surface area contributed by atoms with Gasteiger partial charge in [-0.25, -0.2) is 4.98 Å². The van der Waals surface area contributed by atoms with Gasteiger partial charge in [0, 0.05) is 23.5 Å². The molecule has 0 fully saturated rings. The van der Waals surface area contributed by atoms with Crippen molar-refractivity contribution in [3.05, 3.63) is 60.0 Å². The fourth-order valence-corrected chi connectivity index (χ4v) is 2.01. The van der Waals surface area contributed by atoms with Crippen molar-refractivity contribution in [2.45, 2.75) is 0 Å². The molecule has 1 aromatic carbocycles. The van der Waals surface area contributed by atoms with Gasteiger partial charge in [-0.15, -0.1) is 0 Å². The number of nitrogens with one attached hydrogen (secondary N) is 1. The molecule has 18 heavy (non-hydrogen) atoms. The minimum absolute atomic E-state index is 0.466. The summed E-state index contributed by atoms with van der Waals surface area (Å²) in [6.07, 6.45) is 3.45. The van der Waals surface area contributed by atoms with E-state index in [2.05, 4.69) is 15.3 Å². The summed E-state index contributed by atoms with van der Waals surface area (Å²) in [7, 11) is 0. The zero-order valence-electron chi connectivity index (χ0n) is 9.47. The van der Waals surface area contributed by atoms with Crippen LogP contribution in [0.15, 0.2) is 54.9 Å². The third kappa shape index (κ3) is 2.13. The predicted octanol–water partition coefficient (Wildman–Crippen LogP) is 4.03. The average Bonchev–Trinajstić information content (AvgIpc) is 2.39. The van der Waals surface area contributed by atoms with E-state index < -0.39 is 0 Å². The SMILES string of the molecule is Clc1cc(Nc2cccc3cccnc23)ccn1. The predicted molar refractivity (Wildman–Crippen MR) is 74.3 cm³/mol. The molecule has 0 atom stereocenters. The molecule has 3 nitrogen and oxygen atoms in total. The van der Waals surface area contributed by atoms with Crippen molar-refractivity contribution in [2.24, 2.45) is 0 Å². The number of aromatic nitrogens is 2. The highest BCUT2D eigenvalue weighted by Gasteiger charge is 2.02. The Balaban J connectivity index is 2.05. The Morgan fingerprint density at radius 3 is 2.72 bits per heavy atom. The molecule has 0 unspecified atom stereocenters. The van der Waals surface area contributed by atoms with Gasteiger partial charge in [0.2, 0.25) is 0 Å². The molecule has 0 bridgehead atoms. The first-order chi connectivity index (χ1) is 8.83. The van der Waals surface area contributed by atoms with Crippen LogP contribution in [0.5, 0.6) is 0 Å². The summed E-state index contributed by atoms with van der Waals surface area (Å²) in [5, 5.41) is 4.87. The number of pyridine rings is 2. The van der Waals surface area contributed by atoms with Gasteiger partial charge in [-0.2, -0.15) is 0 Å². The van der Waals surface area contributed by atoms with E-state index in [0.717, 1.165) is 22.3 Å². The standard InChI is InChI=1S/C14H10ClN3/c15-13-9-11(6-8-16-13)18-12-5-1-3-10-4-2-7-17-14(10)12/h1-9H,(H,16,18). The fourth-order valence-electron chi connectivity index (χ4n) is 1.84. The van der Waals surface area contributed by atoms with Crippen molar-refractivity contribution in [3.63, 3.8) is 0 Å². The maximum Gasteiger partial charge on any atom is 0.131 e. The molecule has 3 rings (SSSR count). The Kier molecular flexibility index (Phi) is 2.82.